The third-order valence-corrected chi connectivity index (χ3v) is 9.93. The summed E-state index contributed by atoms with van der Waals surface area (Å²) in [5.41, 5.74) is 2.74. The maximum absolute atomic E-state index is 13.6. The average molecular weight is 752 g/mol. The van der Waals surface area contributed by atoms with Crippen LogP contribution in [0, 0.1) is 0 Å². The van der Waals surface area contributed by atoms with Gasteiger partial charge in [0, 0.05) is 0 Å². The van der Waals surface area contributed by atoms with Crippen molar-refractivity contribution in [1.82, 2.24) is 4.90 Å². The molecule has 0 aliphatic carbocycles. The molecule has 2 fully saturated rings. The molecule has 6 atom stereocenters. The Morgan fingerprint density at radius 2 is 1.07 bits per heavy atom. The lowest BCUT2D eigenvalue weighted by molar-refractivity contribution is -0.274. The molecule has 0 spiro atoms. The summed E-state index contributed by atoms with van der Waals surface area (Å²) < 4.78 is 46.1. The maximum Gasteiger partial charge on any atom is 0.412 e. The maximum atomic E-state index is 13.6. The molecule has 2 saturated heterocycles. The molecule has 2 aliphatic heterocycles. The van der Waals surface area contributed by atoms with Crippen molar-refractivity contribution in [3.63, 3.8) is 0 Å². The lowest BCUT2D eigenvalue weighted by Gasteiger charge is -2.46. The molecule has 1 amide bonds. The van der Waals surface area contributed by atoms with E-state index >= 15 is 0 Å². The normalized spacial score (nSPS) is 23.8. The van der Waals surface area contributed by atoms with Crippen molar-refractivity contribution < 1.29 is 38.0 Å². The zero-order valence-corrected chi connectivity index (χ0v) is 32.9. The van der Waals surface area contributed by atoms with Crippen LogP contribution in [0.15, 0.2) is 121 Å². The van der Waals surface area contributed by atoms with Gasteiger partial charge in [0.15, 0.2) is 0 Å². The predicted molar refractivity (Wildman–Crippen MR) is 211 cm³/mol. The number of nitrogens with zero attached hydrogens (tertiary/aromatic N) is 1. The van der Waals surface area contributed by atoms with Crippen molar-refractivity contribution >= 4 is 6.09 Å². The quantitative estimate of drug-likeness (QED) is 0.112. The number of ether oxygens (including phenoxy) is 7. The minimum atomic E-state index is -0.824. The van der Waals surface area contributed by atoms with Crippen LogP contribution in [0.25, 0.3) is 0 Å². The van der Waals surface area contributed by atoms with E-state index in [9.17, 15) is 4.79 Å². The van der Waals surface area contributed by atoms with Gasteiger partial charge in [-0.2, -0.15) is 0 Å². The molecule has 9 heteroatoms. The van der Waals surface area contributed by atoms with E-state index in [0.717, 1.165) is 22.3 Å². The van der Waals surface area contributed by atoms with E-state index in [1.165, 1.54) is 0 Å². The van der Waals surface area contributed by atoms with Crippen molar-refractivity contribution in [2.75, 3.05) is 13.2 Å². The largest absolute Gasteiger partial charge is 0.444 e. The van der Waals surface area contributed by atoms with E-state index in [2.05, 4.69) is 48.5 Å². The van der Waals surface area contributed by atoms with Crippen LogP contribution in [0.2, 0.25) is 0 Å². The number of amides is 1. The van der Waals surface area contributed by atoms with E-state index in [0.29, 0.717) is 45.9 Å². The first-order chi connectivity index (χ1) is 26.6. The summed E-state index contributed by atoms with van der Waals surface area (Å²) in [6.07, 6.45) is -1.69. The Labute approximate surface area is 326 Å². The third-order valence-electron chi connectivity index (χ3n) is 9.93. The fraction of sp³-hybridized carbons (Fsp3) is 0.457. The Balaban J connectivity index is 1.31. The zero-order valence-electron chi connectivity index (χ0n) is 32.9. The van der Waals surface area contributed by atoms with Crippen LogP contribution in [0.3, 0.4) is 0 Å². The highest BCUT2D eigenvalue weighted by Gasteiger charge is 2.50. The number of hydrogen-bond donors (Lipinski definition) is 0. The van der Waals surface area contributed by atoms with Crippen LogP contribution < -0.4 is 0 Å². The number of rotatable bonds is 16. The second kappa shape index (κ2) is 19.2. The van der Waals surface area contributed by atoms with E-state index in [-0.39, 0.29) is 12.6 Å². The molecule has 0 unspecified atom stereocenters. The van der Waals surface area contributed by atoms with Crippen molar-refractivity contribution in [3.8, 4) is 0 Å². The summed E-state index contributed by atoms with van der Waals surface area (Å²) >= 11 is 0. The van der Waals surface area contributed by atoms with Gasteiger partial charge >= 0.3 is 6.09 Å². The van der Waals surface area contributed by atoms with Crippen molar-refractivity contribution in [2.45, 2.75) is 122 Å². The van der Waals surface area contributed by atoms with Gasteiger partial charge < -0.3 is 33.2 Å². The number of benzene rings is 4. The lowest BCUT2D eigenvalue weighted by atomic mass is 9.90. The summed E-state index contributed by atoms with van der Waals surface area (Å²) in [5.74, 6) is 0. The van der Waals surface area contributed by atoms with Crippen LogP contribution in [0.4, 0.5) is 4.79 Å². The SMILES string of the molecule is CC(C)(C)OC(=O)N1[C@@H](CC[C@@H]2O[C@H](COCc3ccccc3)[C@@H](OCc3ccccc3)[C@H](OCc3ccccc3)[C@H]2OCc2ccccc2)COC1(C)C. The molecule has 4 aromatic carbocycles. The molecule has 2 aliphatic rings. The Kier molecular flexibility index (Phi) is 14.1. The molecule has 2 heterocycles. The summed E-state index contributed by atoms with van der Waals surface area (Å²) in [6, 6.07) is 40.3. The third kappa shape index (κ3) is 11.7. The van der Waals surface area contributed by atoms with E-state index in [4.69, 9.17) is 33.2 Å². The zero-order chi connectivity index (χ0) is 38.7. The van der Waals surface area contributed by atoms with Crippen LogP contribution >= 0.6 is 0 Å². The van der Waals surface area contributed by atoms with Gasteiger partial charge in [0.2, 0.25) is 0 Å². The van der Waals surface area contributed by atoms with Crippen LogP contribution in [-0.4, -0.2) is 72.1 Å². The Bertz CT molecular complexity index is 1720. The fourth-order valence-corrected chi connectivity index (χ4v) is 7.25. The van der Waals surface area contributed by atoms with Gasteiger partial charge in [-0.15, -0.1) is 0 Å². The second-order valence-electron chi connectivity index (χ2n) is 15.8. The van der Waals surface area contributed by atoms with Gasteiger partial charge in [-0.1, -0.05) is 121 Å². The highest BCUT2D eigenvalue weighted by molar-refractivity contribution is 5.69. The summed E-state index contributed by atoms with van der Waals surface area (Å²) in [5, 5.41) is 0. The smallest absolute Gasteiger partial charge is 0.412 e. The van der Waals surface area contributed by atoms with Gasteiger partial charge in [-0.3, -0.25) is 4.90 Å². The van der Waals surface area contributed by atoms with Crippen molar-refractivity contribution in [3.05, 3.63) is 144 Å². The minimum Gasteiger partial charge on any atom is -0.444 e. The van der Waals surface area contributed by atoms with E-state index < -0.39 is 47.9 Å². The molecule has 0 N–H and O–H groups in total. The van der Waals surface area contributed by atoms with E-state index in [1.807, 2.05) is 107 Å². The Morgan fingerprint density at radius 1 is 0.636 bits per heavy atom. The summed E-state index contributed by atoms with van der Waals surface area (Å²) in [4.78, 5) is 15.3. The van der Waals surface area contributed by atoms with Gasteiger partial charge in [0.05, 0.1) is 51.8 Å². The molecule has 0 bridgehead atoms. The topological polar surface area (TPSA) is 84.9 Å². The number of carbonyl (C=O) groups is 1. The molecular formula is C46H57NO8. The first-order valence-corrected chi connectivity index (χ1v) is 19.5. The molecule has 0 radical (unpaired) electrons. The summed E-state index contributed by atoms with van der Waals surface area (Å²) in [6.45, 7) is 11.6. The second-order valence-corrected chi connectivity index (χ2v) is 15.8. The Hall–Kier alpha value is -4.09. The molecule has 4 aromatic rings. The summed E-state index contributed by atoms with van der Waals surface area (Å²) in [7, 11) is 0. The lowest BCUT2D eigenvalue weighted by Crippen LogP contribution is -2.61. The molecule has 6 rings (SSSR count). The predicted octanol–water partition coefficient (Wildman–Crippen LogP) is 8.88. The molecule has 0 aromatic heterocycles. The van der Waals surface area contributed by atoms with Crippen LogP contribution in [-0.2, 0) is 59.6 Å². The van der Waals surface area contributed by atoms with Crippen molar-refractivity contribution in [2.24, 2.45) is 0 Å². The highest BCUT2D eigenvalue weighted by Crippen LogP contribution is 2.36. The van der Waals surface area contributed by atoms with Gasteiger partial charge in [-0.05, 0) is 69.7 Å². The van der Waals surface area contributed by atoms with Gasteiger partial charge in [0.25, 0.3) is 0 Å². The van der Waals surface area contributed by atoms with Gasteiger partial charge in [0.1, 0.15) is 35.7 Å². The molecular weight excluding hydrogens is 695 g/mol. The molecule has 9 nitrogen and oxygen atoms in total. The molecule has 0 saturated carbocycles. The first-order valence-electron chi connectivity index (χ1n) is 19.5. The number of carbonyl (C=O) groups excluding carboxylic acids is 1. The molecule has 294 valence electrons. The van der Waals surface area contributed by atoms with Crippen molar-refractivity contribution in [1.29, 1.82) is 0 Å². The van der Waals surface area contributed by atoms with Crippen LogP contribution in [0.5, 0.6) is 0 Å². The van der Waals surface area contributed by atoms with Gasteiger partial charge in [-0.25, -0.2) is 4.79 Å². The molecule has 55 heavy (non-hydrogen) atoms. The van der Waals surface area contributed by atoms with Crippen LogP contribution in [0.1, 0.15) is 69.7 Å². The Morgan fingerprint density at radius 3 is 1.55 bits per heavy atom. The standard InChI is InChI=1S/C46H57NO8/c1-45(2,3)55-44(48)47-38(32-53-46(47,4)5)26-27-39-41(50-29-35-20-12-7-13-21-35)43(52-31-37-24-16-9-17-25-37)42(51-30-36-22-14-8-15-23-36)40(54-39)33-49-28-34-18-10-6-11-19-34/h6-25,38-43H,26-33H2,1-5H3/t38-,39-,40+,41-,42+,43+/m0/s1. The van der Waals surface area contributed by atoms with E-state index in [1.54, 1.807) is 4.90 Å². The fourth-order valence-electron chi connectivity index (χ4n) is 7.25. The highest BCUT2D eigenvalue weighted by atomic mass is 16.6. The average Bonchev–Trinajstić information content (AvgIpc) is 3.49. The minimum absolute atomic E-state index is 0.230. The first kappa shape index (κ1) is 40.6. The monoisotopic (exact) mass is 751 g/mol. The number of hydrogen-bond acceptors (Lipinski definition) is 8.